The molecule has 2 aromatic rings. The van der Waals surface area contributed by atoms with Gasteiger partial charge >= 0.3 is 0 Å². The number of nitrogens with one attached hydrogen (secondary N) is 1. The van der Waals surface area contributed by atoms with Crippen molar-refractivity contribution in [3.05, 3.63) is 78.4 Å². The van der Waals surface area contributed by atoms with Gasteiger partial charge in [-0.2, -0.15) is 4.31 Å². The van der Waals surface area contributed by atoms with Crippen molar-refractivity contribution in [2.45, 2.75) is 24.8 Å². The van der Waals surface area contributed by atoms with E-state index in [1.165, 1.54) is 4.31 Å². The van der Waals surface area contributed by atoms with Crippen LogP contribution in [0.15, 0.2) is 72.1 Å². The summed E-state index contributed by atoms with van der Waals surface area (Å²) in [5.41, 5.74) is 1.32. The minimum Gasteiger partial charge on any atom is -0.382 e. The minimum absolute atomic E-state index is 0.159. The number of hydrogen-bond acceptors (Lipinski definition) is 4. The first kappa shape index (κ1) is 22.8. The molecule has 1 amide bonds. The topological polar surface area (TPSA) is 75.7 Å². The molecule has 0 atom stereocenters. The molecule has 0 aromatic heterocycles. The molecule has 6 nitrogen and oxygen atoms in total. The molecule has 0 radical (unpaired) electrons. The van der Waals surface area contributed by atoms with Gasteiger partial charge in [0, 0.05) is 38.4 Å². The predicted octanol–water partition coefficient (Wildman–Crippen LogP) is 3.22. The number of nitrogens with zero attached hydrogens (tertiary/aromatic N) is 1. The van der Waals surface area contributed by atoms with Crippen LogP contribution in [-0.4, -0.2) is 44.9 Å². The van der Waals surface area contributed by atoms with Crippen LogP contribution in [0.4, 0.5) is 0 Å². The normalized spacial score (nSPS) is 11.4. The molecule has 0 aliphatic heterocycles. The SMILES string of the molecule is C=CCN(Cc1ccc(C(=O)NCCCOCC)cc1)S(=O)(=O)c1ccccc1. The third-order valence-electron chi connectivity index (χ3n) is 4.24. The highest BCUT2D eigenvalue weighted by Gasteiger charge is 2.23. The van der Waals surface area contributed by atoms with Gasteiger partial charge in [0.25, 0.3) is 5.91 Å². The summed E-state index contributed by atoms with van der Waals surface area (Å²) in [5, 5.41) is 2.85. The average Bonchev–Trinajstić information content (AvgIpc) is 2.74. The number of carbonyl (C=O) groups is 1. The van der Waals surface area contributed by atoms with Gasteiger partial charge in [-0.25, -0.2) is 8.42 Å². The van der Waals surface area contributed by atoms with E-state index in [0.717, 1.165) is 12.0 Å². The fraction of sp³-hybridized carbons (Fsp3) is 0.318. The molecule has 29 heavy (non-hydrogen) atoms. The van der Waals surface area contributed by atoms with E-state index in [0.29, 0.717) is 25.3 Å². The van der Waals surface area contributed by atoms with Crippen LogP contribution in [0, 0.1) is 0 Å². The highest BCUT2D eigenvalue weighted by atomic mass is 32.2. The molecule has 0 spiro atoms. The summed E-state index contributed by atoms with van der Waals surface area (Å²) in [6.07, 6.45) is 2.32. The van der Waals surface area contributed by atoms with Gasteiger partial charge in [-0.15, -0.1) is 6.58 Å². The molecule has 0 saturated carbocycles. The lowest BCUT2D eigenvalue weighted by atomic mass is 10.1. The van der Waals surface area contributed by atoms with Gasteiger partial charge in [-0.05, 0) is 43.2 Å². The Bertz CT molecular complexity index is 881. The summed E-state index contributed by atoms with van der Waals surface area (Å²) >= 11 is 0. The molecule has 0 heterocycles. The first-order valence-corrected chi connectivity index (χ1v) is 11.0. The number of carbonyl (C=O) groups excluding carboxylic acids is 1. The maximum absolute atomic E-state index is 12.9. The standard InChI is InChI=1S/C22H28N2O4S/c1-3-16-24(29(26,27)21-9-6-5-7-10-21)18-19-11-13-20(14-12-19)22(25)23-15-8-17-28-4-2/h3,5-7,9-14H,1,4,8,15-18H2,2H3,(H,23,25). The first-order chi connectivity index (χ1) is 14.0. The van der Waals surface area contributed by atoms with E-state index in [2.05, 4.69) is 11.9 Å². The summed E-state index contributed by atoms with van der Waals surface area (Å²) in [5.74, 6) is -0.159. The van der Waals surface area contributed by atoms with Gasteiger partial charge in [0.2, 0.25) is 10.0 Å². The van der Waals surface area contributed by atoms with Crippen molar-refractivity contribution in [3.63, 3.8) is 0 Å². The van der Waals surface area contributed by atoms with Gasteiger partial charge in [0.05, 0.1) is 4.90 Å². The van der Waals surface area contributed by atoms with Gasteiger partial charge in [-0.1, -0.05) is 36.4 Å². The number of benzene rings is 2. The second-order valence-corrected chi connectivity index (χ2v) is 8.34. The van der Waals surface area contributed by atoms with E-state index in [-0.39, 0.29) is 23.9 Å². The van der Waals surface area contributed by atoms with E-state index in [4.69, 9.17) is 4.74 Å². The molecule has 0 aliphatic rings. The van der Waals surface area contributed by atoms with Crippen LogP contribution in [0.25, 0.3) is 0 Å². The van der Waals surface area contributed by atoms with Crippen LogP contribution in [0.1, 0.15) is 29.3 Å². The molecule has 0 bridgehead atoms. The third-order valence-corrected chi connectivity index (χ3v) is 6.07. The van der Waals surface area contributed by atoms with Gasteiger partial charge in [0.15, 0.2) is 0 Å². The van der Waals surface area contributed by atoms with Crippen molar-refractivity contribution in [3.8, 4) is 0 Å². The van der Waals surface area contributed by atoms with Crippen LogP contribution in [0.3, 0.4) is 0 Å². The molecule has 0 aliphatic carbocycles. The Hall–Kier alpha value is -2.48. The van der Waals surface area contributed by atoms with Crippen molar-refractivity contribution in [2.24, 2.45) is 0 Å². The van der Waals surface area contributed by atoms with Gasteiger partial charge in [0.1, 0.15) is 0 Å². The maximum atomic E-state index is 12.9. The summed E-state index contributed by atoms with van der Waals surface area (Å²) in [6, 6.07) is 15.3. The molecule has 1 N–H and O–H groups in total. The van der Waals surface area contributed by atoms with E-state index in [9.17, 15) is 13.2 Å². The Morgan fingerprint density at radius 3 is 2.45 bits per heavy atom. The first-order valence-electron chi connectivity index (χ1n) is 9.60. The largest absolute Gasteiger partial charge is 0.382 e. The van der Waals surface area contributed by atoms with E-state index < -0.39 is 10.0 Å². The smallest absolute Gasteiger partial charge is 0.251 e. The number of sulfonamides is 1. The van der Waals surface area contributed by atoms with Crippen LogP contribution in [0.2, 0.25) is 0 Å². The fourth-order valence-corrected chi connectivity index (χ4v) is 4.14. The third kappa shape index (κ3) is 6.81. The average molecular weight is 417 g/mol. The van der Waals surface area contributed by atoms with Gasteiger partial charge < -0.3 is 10.1 Å². The summed E-state index contributed by atoms with van der Waals surface area (Å²) < 4.78 is 32.4. The Morgan fingerprint density at radius 2 is 1.83 bits per heavy atom. The summed E-state index contributed by atoms with van der Waals surface area (Å²) in [4.78, 5) is 12.4. The molecule has 156 valence electrons. The van der Waals surface area contributed by atoms with Crippen molar-refractivity contribution < 1.29 is 17.9 Å². The van der Waals surface area contributed by atoms with E-state index >= 15 is 0 Å². The van der Waals surface area contributed by atoms with E-state index in [1.807, 2.05) is 6.92 Å². The molecule has 2 rings (SSSR count). The van der Waals surface area contributed by atoms with Gasteiger partial charge in [-0.3, -0.25) is 4.79 Å². The van der Waals surface area contributed by atoms with Crippen LogP contribution in [-0.2, 0) is 21.3 Å². The molecular weight excluding hydrogens is 388 g/mol. The Balaban J connectivity index is 2.02. The molecule has 0 fully saturated rings. The summed E-state index contributed by atoms with van der Waals surface area (Å²) in [7, 11) is -3.64. The monoisotopic (exact) mass is 416 g/mol. The van der Waals surface area contributed by atoms with Crippen LogP contribution < -0.4 is 5.32 Å². The van der Waals surface area contributed by atoms with Crippen molar-refractivity contribution >= 4 is 15.9 Å². The minimum atomic E-state index is -3.64. The van der Waals surface area contributed by atoms with E-state index in [1.54, 1.807) is 60.7 Å². The van der Waals surface area contributed by atoms with Crippen LogP contribution >= 0.6 is 0 Å². The zero-order valence-electron chi connectivity index (χ0n) is 16.7. The fourth-order valence-electron chi connectivity index (χ4n) is 2.72. The summed E-state index contributed by atoms with van der Waals surface area (Å²) in [6.45, 7) is 7.81. The number of rotatable bonds is 12. The Morgan fingerprint density at radius 1 is 1.14 bits per heavy atom. The predicted molar refractivity (Wildman–Crippen MR) is 114 cm³/mol. The molecule has 0 saturated heterocycles. The highest BCUT2D eigenvalue weighted by Crippen LogP contribution is 2.18. The Kier molecular flexibility index (Phi) is 9.05. The number of ether oxygens (including phenoxy) is 1. The zero-order chi connectivity index (χ0) is 21.1. The molecule has 2 aromatic carbocycles. The zero-order valence-corrected chi connectivity index (χ0v) is 17.5. The van der Waals surface area contributed by atoms with Crippen LogP contribution in [0.5, 0.6) is 0 Å². The second-order valence-electron chi connectivity index (χ2n) is 6.40. The van der Waals surface area contributed by atoms with Crippen molar-refractivity contribution in [2.75, 3.05) is 26.3 Å². The van der Waals surface area contributed by atoms with Crippen molar-refractivity contribution in [1.82, 2.24) is 9.62 Å². The lowest BCUT2D eigenvalue weighted by Gasteiger charge is -2.21. The molecule has 7 heteroatoms. The molecular formula is C22H28N2O4S. The lowest BCUT2D eigenvalue weighted by molar-refractivity contribution is 0.0944. The quantitative estimate of drug-likeness (QED) is 0.426. The second kappa shape index (κ2) is 11.5. The Labute approximate surface area is 173 Å². The number of amides is 1. The maximum Gasteiger partial charge on any atom is 0.251 e. The molecule has 0 unspecified atom stereocenters. The van der Waals surface area contributed by atoms with Crippen molar-refractivity contribution in [1.29, 1.82) is 0 Å². The lowest BCUT2D eigenvalue weighted by Crippen LogP contribution is -2.31. The highest BCUT2D eigenvalue weighted by molar-refractivity contribution is 7.89. The number of hydrogen-bond donors (Lipinski definition) is 1.